The van der Waals surface area contributed by atoms with Crippen LogP contribution in [0.2, 0.25) is 0 Å². The van der Waals surface area contributed by atoms with Gasteiger partial charge in [0.2, 0.25) is 11.7 Å². The Bertz CT molecular complexity index is 1210. The number of rotatable bonds is 13. The molecule has 2 aliphatic carbocycles. The van der Waals surface area contributed by atoms with Crippen molar-refractivity contribution in [3.8, 4) is 0 Å². The molecule has 0 bridgehead atoms. The highest BCUT2D eigenvalue weighted by molar-refractivity contribution is 5.95. The molecule has 2 fully saturated rings. The average Bonchev–Trinajstić information content (AvgIpc) is 2.94. The molecule has 4 rings (SSSR count). The molecule has 4 N–H and O–H groups in total. The minimum absolute atomic E-state index is 0.0102. The van der Waals surface area contributed by atoms with Crippen molar-refractivity contribution in [1.29, 1.82) is 0 Å². The van der Waals surface area contributed by atoms with E-state index in [1.807, 2.05) is 4.90 Å². The number of amidine groups is 1. The van der Waals surface area contributed by atoms with Crippen molar-refractivity contribution >= 4 is 29.9 Å². The standard InChI is InChI=1S/C30H43F3N8O/c1-4-40(17-21-9-6-5-7-10-21)19-41(18-22-13-15-24(16-14-22)30(31,32)33)25-27(35-3)37-29(26(34)39-42)38-28(25)36-20(2)23-11-8-12-23/h13-16,20-21,23,42H,3-12,17-19H2,1-2H3,(H2,34,39)(H,36,37,38)/t20-/m1/s1. The Morgan fingerprint density at radius 3 is 2.36 bits per heavy atom. The minimum Gasteiger partial charge on any atom is -0.409 e. The maximum atomic E-state index is 13.3. The summed E-state index contributed by atoms with van der Waals surface area (Å²) in [5.41, 5.74) is 6.47. The number of anilines is 2. The molecule has 0 amide bonds. The first kappa shape index (κ1) is 31.5. The second kappa shape index (κ2) is 14.2. The molecule has 0 radical (unpaired) electrons. The lowest BCUT2D eigenvalue weighted by molar-refractivity contribution is -0.137. The van der Waals surface area contributed by atoms with Crippen LogP contribution in [0, 0.1) is 11.8 Å². The lowest BCUT2D eigenvalue weighted by atomic mass is 9.80. The molecular formula is C30H43F3N8O. The van der Waals surface area contributed by atoms with Crippen LogP contribution in [-0.4, -0.2) is 58.4 Å². The lowest BCUT2D eigenvalue weighted by Crippen LogP contribution is -2.41. The van der Waals surface area contributed by atoms with Gasteiger partial charge in [0.05, 0.1) is 12.2 Å². The van der Waals surface area contributed by atoms with Crippen molar-refractivity contribution in [1.82, 2.24) is 14.9 Å². The van der Waals surface area contributed by atoms with Crippen molar-refractivity contribution in [3.05, 3.63) is 41.2 Å². The first-order valence-corrected chi connectivity index (χ1v) is 14.9. The summed E-state index contributed by atoms with van der Waals surface area (Å²) in [6.07, 6.45) is 5.10. The predicted molar refractivity (Wildman–Crippen MR) is 160 cm³/mol. The van der Waals surface area contributed by atoms with Crippen molar-refractivity contribution in [2.75, 3.05) is 30.0 Å². The summed E-state index contributed by atoms with van der Waals surface area (Å²) in [7, 11) is 0. The van der Waals surface area contributed by atoms with Crippen molar-refractivity contribution in [3.63, 3.8) is 0 Å². The van der Waals surface area contributed by atoms with Crippen molar-refractivity contribution in [2.45, 2.75) is 84.0 Å². The summed E-state index contributed by atoms with van der Waals surface area (Å²) in [5, 5.41) is 16.0. The van der Waals surface area contributed by atoms with E-state index in [-0.39, 0.29) is 23.5 Å². The number of nitrogens with one attached hydrogen (secondary N) is 1. The quantitative estimate of drug-likeness (QED) is 0.0817. The second-order valence-electron chi connectivity index (χ2n) is 11.5. The highest BCUT2D eigenvalue weighted by atomic mass is 19.4. The lowest BCUT2D eigenvalue weighted by Gasteiger charge is -2.37. The van der Waals surface area contributed by atoms with Gasteiger partial charge in [-0.2, -0.15) is 13.2 Å². The largest absolute Gasteiger partial charge is 0.416 e. The maximum Gasteiger partial charge on any atom is 0.416 e. The SMILES string of the molecule is C=Nc1nc(/C(N)=N/O)nc(N[C@H](C)C2CCC2)c1N(Cc1ccc(C(F)(F)F)cc1)CN(CC)CC1CCCCC1. The average molecular weight is 589 g/mol. The zero-order valence-electron chi connectivity index (χ0n) is 24.6. The van der Waals surface area contributed by atoms with Crippen molar-refractivity contribution in [2.24, 2.45) is 27.7 Å². The van der Waals surface area contributed by atoms with Gasteiger partial charge in [0, 0.05) is 19.1 Å². The smallest absolute Gasteiger partial charge is 0.409 e. The normalized spacial score (nSPS) is 17.6. The van der Waals surface area contributed by atoms with Crippen LogP contribution in [0.25, 0.3) is 0 Å². The van der Waals surface area contributed by atoms with Crippen LogP contribution in [0.1, 0.15) is 82.2 Å². The van der Waals surface area contributed by atoms with Gasteiger partial charge < -0.3 is 21.2 Å². The third-order valence-electron chi connectivity index (χ3n) is 8.60. The fourth-order valence-corrected chi connectivity index (χ4v) is 5.86. The van der Waals surface area contributed by atoms with E-state index in [1.165, 1.54) is 50.7 Å². The molecule has 1 aromatic heterocycles. The van der Waals surface area contributed by atoms with E-state index in [2.05, 4.69) is 50.9 Å². The van der Waals surface area contributed by atoms with Crippen LogP contribution in [0.3, 0.4) is 0 Å². The number of hydrogen-bond donors (Lipinski definition) is 3. The van der Waals surface area contributed by atoms with Crippen LogP contribution >= 0.6 is 0 Å². The maximum absolute atomic E-state index is 13.3. The van der Waals surface area contributed by atoms with E-state index < -0.39 is 11.7 Å². The molecule has 12 heteroatoms. The molecule has 42 heavy (non-hydrogen) atoms. The summed E-state index contributed by atoms with van der Waals surface area (Å²) in [4.78, 5) is 17.7. The Morgan fingerprint density at radius 2 is 1.81 bits per heavy atom. The minimum atomic E-state index is -4.41. The first-order valence-electron chi connectivity index (χ1n) is 14.9. The Labute approximate surface area is 246 Å². The number of hydrogen-bond acceptors (Lipinski definition) is 8. The summed E-state index contributed by atoms with van der Waals surface area (Å²) < 4.78 is 39.9. The number of nitrogens with zero attached hydrogens (tertiary/aromatic N) is 6. The first-order chi connectivity index (χ1) is 20.1. The topological polar surface area (TPSA) is 115 Å². The molecule has 0 spiro atoms. The third kappa shape index (κ3) is 7.90. The van der Waals surface area contributed by atoms with Crippen molar-refractivity contribution < 1.29 is 18.4 Å². The van der Waals surface area contributed by atoms with E-state index in [0.717, 1.165) is 38.1 Å². The Kier molecular flexibility index (Phi) is 10.6. The second-order valence-corrected chi connectivity index (χ2v) is 11.5. The van der Waals surface area contributed by atoms with Crippen LogP contribution in [0.5, 0.6) is 0 Å². The zero-order chi connectivity index (χ0) is 30.3. The van der Waals surface area contributed by atoms with Crippen LogP contribution in [-0.2, 0) is 12.7 Å². The van der Waals surface area contributed by atoms with Crippen LogP contribution < -0.4 is 16.0 Å². The molecule has 0 aliphatic heterocycles. The molecule has 2 aromatic rings. The van der Waals surface area contributed by atoms with E-state index >= 15 is 0 Å². The Hall–Kier alpha value is -3.41. The van der Waals surface area contributed by atoms with E-state index in [4.69, 9.17) is 5.73 Å². The fourth-order valence-electron chi connectivity index (χ4n) is 5.86. The predicted octanol–water partition coefficient (Wildman–Crippen LogP) is 6.39. The number of halogens is 3. The van der Waals surface area contributed by atoms with Gasteiger partial charge in [0.15, 0.2) is 11.6 Å². The molecule has 2 aliphatic rings. The molecule has 1 aromatic carbocycles. The van der Waals surface area contributed by atoms with Gasteiger partial charge in [0.1, 0.15) is 5.69 Å². The van der Waals surface area contributed by atoms with Gasteiger partial charge in [-0.3, -0.25) is 4.90 Å². The number of aliphatic imine (C=N–C) groups is 1. The monoisotopic (exact) mass is 588 g/mol. The van der Waals surface area contributed by atoms with Gasteiger partial charge in [-0.15, -0.1) is 0 Å². The molecule has 2 saturated carbocycles. The van der Waals surface area contributed by atoms with Gasteiger partial charge in [-0.05, 0) is 75.4 Å². The molecule has 0 saturated heterocycles. The van der Waals surface area contributed by atoms with Gasteiger partial charge in [-0.1, -0.05) is 49.9 Å². The van der Waals surface area contributed by atoms with E-state index in [1.54, 1.807) is 0 Å². The Balaban J connectivity index is 1.75. The number of oxime groups is 1. The fraction of sp³-hybridized carbons (Fsp3) is 0.600. The number of alkyl halides is 3. The molecule has 1 atom stereocenters. The van der Waals surface area contributed by atoms with Crippen LogP contribution in [0.4, 0.5) is 30.5 Å². The molecule has 9 nitrogen and oxygen atoms in total. The zero-order valence-corrected chi connectivity index (χ0v) is 24.6. The third-order valence-corrected chi connectivity index (χ3v) is 8.60. The van der Waals surface area contributed by atoms with E-state index in [0.29, 0.717) is 42.1 Å². The van der Waals surface area contributed by atoms with Gasteiger partial charge in [0.25, 0.3) is 0 Å². The summed E-state index contributed by atoms with van der Waals surface area (Å²) >= 11 is 0. The summed E-state index contributed by atoms with van der Waals surface area (Å²) in [6, 6.07) is 5.31. The number of nitrogens with two attached hydrogens (primary N) is 1. The summed E-state index contributed by atoms with van der Waals surface area (Å²) in [6.45, 7) is 10.4. The summed E-state index contributed by atoms with van der Waals surface area (Å²) in [5.74, 6) is 1.54. The molecular weight excluding hydrogens is 545 g/mol. The molecule has 230 valence electrons. The number of aromatic nitrogens is 2. The highest BCUT2D eigenvalue weighted by Crippen LogP contribution is 2.38. The van der Waals surface area contributed by atoms with E-state index in [9.17, 15) is 18.4 Å². The Morgan fingerprint density at radius 1 is 1.12 bits per heavy atom. The number of benzene rings is 1. The molecule has 0 unspecified atom stereocenters. The molecule has 1 heterocycles. The highest BCUT2D eigenvalue weighted by Gasteiger charge is 2.31. The van der Waals surface area contributed by atoms with Crippen LogP contribution in [0.15, 0.2) is 34.4 Å². The van der Waals surface area contributed by atoms with Gasteiger partial charge in [-0.25, -0.2) is 15.0 Å². The van der Waals surface area contributed by atoms with Gasteiger partial charge >= 0.3 is 6.18 Å².